The lowest BCUT2D eigenvalue weighted by Crippen LogP contribution is -2.71. The fourth-order valence-electron chi connectivity index (χ4n) is 5.63. The molecule has 0 bridgehead atoms. The van der Waals surface area contributed by atoms with Crippen LogP contribution in [0.4, 0.5) is 4.79 Å². The maximum atomic E-state index is 13.0. The van der Waals surface area contributed by atoms with Crippen molar-refractivity contribution >= 4 is 35.9 Å². The number of nitrogens with zero attached hydrogens (tertiary/aromatic N) is 1. The van der Waals surface area contributed by atoms with E-state index in [0.717, 1.165) is 6.21 Å². The van der Waals surface area contributed by atoms with Crippen LogP contribution in [-0.2, 0) is 28.7 Å². The number of hydrogen-bond donors (Lipinski definition) is 12. The van der Waals surface area contributed by atoms with E-state index in [1.165, 1.54) is 6.92 Å². The number of hydrogen-bond acceptors (Lipinski definition) is 15. The van der Waals surface area contributed by atoms with Crippen LogP contribution in [0.25, 0.3) is 0 Å². The highest BCUT2D eigenvalue weighted by Gasteiger charge is 2.50. The van der Waals surface area contributed by atoms with Gasteiger partial charge in [0.25, 0.3) is 5.91 Å². The van der Waals surface area contributed by atoms with Gasteiger partial charge >= 0.3 is 6.09 Å². The first-order valence-corrected chi connectivity index (χ1v) is 15.5. The summed E-state index contributed by atoms with van der Waals surface area (Å²) in [5, 5.41) is 48.1. The second kappa shape index (κ2) is 18.3. The Balaban J connectivity index is 1.50. The first-order chi connectivity index (χ1) is 22.3. The van der Waals surface area contributed by atoms with Gasteiger partial charge in [0.2, 0.25) is 17.7 Å². The van der Waals surface area contributed by atoms with Crippen molar-refractivity contribution in [1.29, 1.82) is 0 Å². The maximum Gasteiger partial charge on any atom is 0.404 e. The Hall–Kier alpha value is -3.34. The van der Waals surface area contributed by atoms with Gasteiger partial charge in [0, 0.05) is 51.2 Å². The van der Waals surface area contributed by atoms with Gasteiger partial charge in [0.1, 0.15) is 36.9 Å². The van der Waals surface area contributed by atoms with E-state index < -0.39 is 85.6 Å². The van der Waals surface area contributed by atoms with E-state index in [4.69, 9.17) is 26.7 Å². The molecule has 15 N–H and O–H groups in total. The molecule has 20 heteroatoms. The Kier molecular flexibility index (Phi) is 14.8. The summed E-state index contributed by atoms with van der Waals surface area (Å²) < 4.78 is 10.8. The van der Waals surface area contributed by atoms with Gasteiger partial charge < -0.3 is 57.9 Å². The number of rotatable bonds is 17. The summed E-state index contributed by atoms with van der Waals surface area (Å²) in [7, 11) is 0. The number of carbonyl (C=O) groups excluding carboxylic acids is 5. The van der Waals surface area contributed by atoms with E-state index in [1.54, 1.807) is 0 Å². The lowest BCUT2D eigenvalue weighted by atomic mass is 9.95. The Morgan fingerprint density at radius 1 is 1.04 bits per heavy atom. The average molecular weight is 673 g/mol. The zero-order valence-corrected chi connectivity index (χ0v) is 26.2. The van der Waals surface area contributed by atoms with Gasteiger partial charge in [-0.25, -0.2) is 9.79 Å². The topological polar surface area (TPSA) is 327 Å². The third-order valence-corrected chi connectivity index (χ3v) is 7.96. The standard InChI is InChI=1S/C27H48N10O10/c1-12(39)31-6-2-4-13(28)8-17(41)32-7-3-5-14(29)9-18(42)34-21-22(43)23(47-26(30)45)16(11-38)46-25(21)37-27-35-19-15(40)10-33-24(44)20(19)36-27/h10,13-16,19-23,25,27,35-38,40,43H,2-9,11,28-29H2,1H3,(H2,30,45)(H,31,39)(H,32,41)(H,34,42)/t13-,14-,15+,16+,19+,20-,21+,22-,23-,25+,27?/m0/s1. The van der Waals surface area contributed by atoms with Gasteiger partial charge in [-0.3, -0.25) is 35.1 Å². The van der Waals surface area contributed by atoms with E-state index >= 15 is 0 Å². The van der Waals surface area contributed by atoms with Crippen molar-refractivity contribution in [1.82, 2.24) is 31.9 Å². The summed E-state index contributed by atoms with van der Waals surface area (Å²) in [6, 6.07) is -3.81. The summed E-state index contributed by atoms with van der Waals surface area (Å²) in [5.41, 5.74) is 17.3. The molecule has 0 spiro atoms. The summed E-state index contributed by atoms with van der Waals surface area (Å²) >= 11 is 0. The molecule has 3 rings (SSSR count). The molecular formula is C27H48N10O10. The third-order valence-electron chi connectivity index (χ3n) is 7.96. The number of aliphatic hydroxyl groups is 3. The molecule has 11 atom stereocenters. The van der Waals surface area contributed by atoms with Crippen LogP contribution in [0, 0.1) is 0 Å². The fraction of sp³-hybridized carbons (Fsp3) is 0.778. The summed E-state index contributed by atoms with van der Waals surface area (Å²) in [6.07, 6.45) is -5.50. The molecule has 0 aromatic carbocycles. The second-order valence-electron chi connectivity index (χ2n) is 11.9. The normalized spacial score (nSPS) is 31.4. The number of fused-ring (bicyclic) bond motifs is 1. The minimum atomic E-state index is -1.60. The van der Waals surface area contributed by atoms with E-state index in [1.807, 2.05) is 0 Å². The van der Waals surface area contributed by atoms with E-state index in [0.29, 0.717) is 38.8 Å². The molecule has 0 saturated carbocycles. The minimum Gasteiger partial charge on any atom is -0.441 e. The monoisotopic (exact) mass is 672 g/mol. The maximum absolute atomic E-state index is 13.0. The number of carbonyl (C=O) groups is 5. The smallest absolute Gasteiger partial charge is 0.404 e. The number of aliphatic hydroxyl groups excluding tert-OH is 3. The van der Waals surface area contributed by atoms with E-state index in [9.17, 15) is 39.3 Å². The van der Waals surface area contributed by atoms with Gasteiger partial charge in [-0.1, -0.05) is 0 Å². The Morgan fingerprint density at radius 3 is 2.28 bits per heavy atom. The fourth-order valence-corrected chi connectivity index (χ4v) is 5.63. The number of primary amides is 1. The van der Waals surface area contributed by atoms with Crippen LogP contribution in [0.1, 0.15) is 45.4 Å². The second-order valence-corrected chi connectivity index (χ2v) is 11.9. The molecule has 47 heavy (non-hydrogen) atoms. The SMILES string of the molecule is CC(=O)NCCC[C@H](N)CC(=O)NCCC[C@H](N)CC(=O)N[C@@H]1[C@H](O)[C@@H](OC(N)=O)[C@@H](CO)O[C@H]1NC1N[C@@H]2[C@H](O)C=NC(=O)[C@H]2N1. The van der Waals surface area contributed by atoms with Crippen molar-refractivity contribution in [2.75, 3.05) is 19.7 Å². The van der Waals surface area contributed by atoms with Crippen LogP contribution in [0.5, 0.6) is 0 Å². The summed E-state index contributed by atoms with van der Waals surface area (Å²) in [6.45, 7) is 1.55. The van der Waals surface area contributed by atoms with Crippen LogP contribution >= 0.6 is 0 Å². The van der Waals surface area contributed by atoms with E-state index in [-0.39, 0.29) is 30.7 Å². The first kappa shape index (κ1) is 38.1. The molecule has 2 fully saturated rings. The predicted molar refractivity (Wildman–Crippen MR) is 164 cm³/mol. The van der Waals surface area contributed by atoms with Crippen LogP contribution in [0.15, 0.2) is 4.99 Å². The van der Waals surface area contributed by atoms with Gasteiger partial charge in [-0.15, -0.1) is 0 Å². The lowest BCUT2D eigenvalue weighted by Gasteiger charge is -2.44. The van der Waals surface area contributed by atoms with Crippen LogP contribution < -0.4 is 49.1 Å². The van der Waals surface area contributed by atoms with Crippen molar-refractivity contribution in [2.45, 2.75) is 113 Å². The lowest BCUT2D eigenvalue weighted by molar-refractivity contribution is -0.204. The predicted octanol–water partition coefficient (Wildman–Crippen LogP) is -5.96. The Morgan fingerprint density at radius 2 is 1.68 bits per heavy atom. The van der Waals surface area contributed by atoms with Gasteiger partial charge in [0.15, 0.2) is 6.10 Å². The number of nitrogens with one attached hydrogen (secondary N) is 6. The van der Waals surface area contributed by atoms with Gasteiger partial charge in [0.05, 0.1) is 18.7 Å². The van der Waals surface area contributed by atoms with Gasteiger partial charge in [-0.2, -0.15) is 0 Å². The molecule has 1 unspecified atom stereocenters. The highest BCUT2D eigenvalue weighted by atomic mass is 16.6. The number of ether oxygens (including phenoxy) is 2. The van der Waals surface area contributed by atoms with Crippen molar-refractivity contribution < 1.29 is 48.8 Å². The molecule has 0 aromatic rings. The molecule has 5 amide bonds. The largest absolute Gasteiger partial charge is 0.441 e. The highest BCUT2D eigenvalue weighted by Crippen LogP contribution is 2.24. The number of aliphatic imine (C=N–C) groups is 1. The number of nitrogens with two attached hydrogens (primary N) is 3. The quantitative estimate of drug-likeness (QED) is 0.0640. The van der Waals surface area contributed by atoms with Crippen LogP contribution in [-0.4, -0.2) is 138 Å². The molecule has 0 radical (unpaired) electrons. The molecule has 2 saturated heterocycles. The van der Waals surface area contributed by atoms with E-state index in [2.05, 4.69) is 36.9 Å². The molecule has 3 aliphatic rings. The molecular weight excluding hydrogens is 624 g/mol. The molecule has 3 heterocycles. The van der Waals surface area contributed by atoms with Gasteiger partial charge in [-0.05, 0) is 25.7 Å². The minimum absolute atomic E-state index is 0.127. The molecule has 266 valence electrons. The van der Waals surface area contributed by atoms with Crippen LogP contribution in [0.2, 0.25) is 0 Å². The Bertz CT molecular complexity index is 1130. The average Bonchev–Trinajstić information content (AvgIpc) is 3.43. The summed E-state index contributed by atoms with van der Waals surface area (Å²) in [4.78, 5) is 63.4. The molecule has 3 aliphatic heterocycles. The van der Waals surface area contributed by atoms with Crippen LogP contribution in [0.3, 0.4) is 0 Å². The molecule has 0 aromatic heterocycles. The summed E-state index contributed by atoms with van der Waals surface area (Å²) in [5.74, 6) is -1.44. The first-order valence-electron chi connectivity index (χ1n) is 15.5. The van der Waals surface area contributed by atoms with Crippen molar-refractivity contribution in [3.8, 4) is 0 Å². The number of amides is 5. The Labute approximate surface area is 271 Å². The zero-order chi connectivity index (χ0) is 34.7. The highest BCUT2D eigenvalue weighted by molar-refractivity contribution is 5.94. The van der Waals surface area contributed by atoms with Crippen molar-refractivity contribution in [3.05, 3.63) is 0 Å². The van der Waals surface area contributed by atoms with Crippen molar-refractivity contribution in [3.63, 3.8) is 0 Å². The van der Waals surface area contributed by atoms with Crippen molar-refractivity contribution in [2.24, 2.45) is 22.2 Å². The molecule has 0 aliphatic carbocycles. The zero-order valence-electron chi connectivity index (χ0n) is 26.2. The third kappa shape index (κ3) is 11.7. The molecule has 20 nitrogen and oxygen atoms in total.